The van der Waals surface area contributed by atoms with Gasteiger partial charge in [-0.2, -0.15) is 5.10 Å². The van der Waals surface area contributed by atoms with Crippen LogP contribution in [0.15, 0.2) is 4.47 Å². The van der Waals surface area contributed by atoms with Gasteiger partial charge in [-0.1, -0.05) is 6.92 Å². The minimum atomic E-state index is -0.456. The van der Waals surface area contributed by atoms with Gasteiger partial charge in [0.25, 0.3) is 0 Å². The van der Waals surface area contributed by atoms with Gasteiger partial charge < -0.3 is 10.2 Å². The highest BCUT2D eigenvalue weighted by Crippen LogP contribution is 2.30. The number of rotatable bonds is 5. The molecule has 0 aliphatic carbocycles. The first-order chi connectivity index (χ1) is 7.49. The lowest BCUT2D eigenvalue weighted by Gasteiger charge is -2.28. The Morgan fingerprint density at radius 1 is 1.38 bits per heavy atom. The second-order valence-electron chi connectivity index (χ2n) is 4.32. The first-order valence-electron chi connectivity index (χ1n) is 5.39. The minimum absolute atomic E-state index is 0.0172. The van der Waals surface area contributed by atoms with E-state index in [4.69, 9.17) is 0 Å². The lowest BCUT2D eigenvalue weighted by atomic mass is 9.82. The molecule has 0 amide bonds. The summed E-state index contributed by atoms with van der Waals surface area (Å²) in [5.74, 6) is 0. The number of aliphatic hydroxyl groups excluding tert-OH is 2. The van der Waals surface area contributed by atoms with Gasteiger partial charge in [0.05, 0.1) is 29.1 Å². The monoisotopic (exact) mass is 290 g/mol. The zero-order valence-corrected chi connectivity index (χ0v) is 11.6. The van der Waals surface area contributed by atoms with E-state index in [0.29, 0.717) is 6.42 Å². The zero-order chi connectivity index (χ0) is 12.3. The summed E-state index contributed by atoms with van der Waals surface area (Å²) in [4.78, 5) is 0. The summed E-state index contributed by atoms with van der Waals surface area (Å²) in [5, 5.41) is 23.1. The van der Waals surface area contributed by atoms with Gasteiger partial charge in [-0.15, -0.1) is 0 Å². The molecule has 0 aliphatic rings. The maximum atomic E-state index is 9.42. The third-order valence-electron chi connectivity index (χ3n) is 3.22. The molecule has 1 rings (SSSR count). The summed E-state index contributed by atoms with van der Waals surface area (Å²) < 4.78 is 2.77. The maximum absolute atomic E-state index is 9.42. The Balaban J connectivity index is 3.02. The molecule has 0 fully saturated rings. The van der Waals surface area contributed by atoms with Crippen LogP contribution in [0.3, 0.4) is 0 Å². The minimum Gasteiger partial charge on any atom is -0.396 e. The van der Waals surface area contributed by atoms with Gasteiger partial charge in [0, 0.05) is 18.9 Å². The topological polar surface area (TPSA) is 58.3 Å². The van der Waals surface area contributed by atoms with E-state index in [1.807, 2.05) is 20.9 Å². The smallest absolute Gasteiger partial charge is 0.0738 e. The van der Waals surface area contributed by atoms with Crippen molar-refractivity contribution in [3.8, 4) is 0 Å². The van der Waals surface area contributed by atoms with Crippen molar-refractivity contribution in [2.75, 3.05) is 13.2 Å². The predicted octanol–water partition coefficient (Wildman–Crippen LogP) is 1.41. The number of hydrogen-bond donors (Lipinski definition) is 2. The van der Waals surface area contributed by atoms with Gasteiger partial charge in [0.2, 0.25) is 0 Å². The summed E-state index contributed by atoms with van der Waals surface area (Å²) in [6.07, 6.45) is 1.35. The molecule has 2 N–H and O–H groups in total. The van der Waals surface area contributed by atoms with Crippen LogP contribution in [0.5, 0.6) is 0 Å². The van der Waals surface area contributed by atoms with Crippen molar-refractivity contribution in [1.29, 1.82) is 0 Å². The largest absolute Gasteiger partial charge is 0.396 e. The number of hydrogen-bond acceptors (Lipinski definition) is 3. The highest BCUT2D eigenvalue weighted by atomic mass is 79.9. The Labute approximate surface area is 104 Å². The molecule has 0 radical (unpaired) electrons. The van der Waals surface area contributed by atoms with Crippen LogP contribution in [0.1, 0.15) is 24.7 Å². The lowest BCUT2D eigenvalue weighted by molar-refractivity contribution is 0.0497. The van der Waals surface area contributed by atoms with Crippen LogP contribution in [0.4, 0.5) is 0 Å². The van der Waals surface area contributed by atoms with E-state index in [1.54, 1.807) is 4.68 Å². The number of nitrogens with zero attached hydrogens (tertiary/aromatic N) is 2. The summed E-state index contributed by atoms with van der Waals surface area (Å²) >= 11 is 3.49. The molecule has 0 atom stereocenters. The number of aryl methyl sites for hydroxylation is 2. The van der Waals surface area contributed by atoms with Crippen molar-refractivity contribution in [1.82, 2.24) is 9.78 Å². The first-order valence-corrected chi connectivity index (χ1v) is 6.18. The van der Waals surface area contributed by atoms with Crippen LogP contribution in [-0.4, -0.2) is 33.2 Å². The van der Waals surface area contributed by atoms with Gasteiger partial charge in [0.1, 0.15) is 0 Å². The van der Waals surface area contributed by atoms with Crippen LogP contribution in [0.25, 0.3) is 0 Å². The molecule has 0 unspecified atom stereocenters. The first kappa shape index (κ1) is 13.7. The van der Waals surface area contributed by atoms with E-state index in [0.717, 1.165) is 22.3 Å². The molecule has 5 heteroatoms. The van der Waals surface area contributed by atoms with E-state index >= 15 is 0 Å². The normalized spacial score (nSPS) is 12.1. The quantitative estimate of drug-likeness (QED) is 0.862. The van der Waals surface area contributed by atoms with Crippen molar-refractivity contribution in [2.45, 2.75) is 26.7 Å². The summed E-state index contributed by atoms with van der Waals surface area (Å²) in [7, 11) is 1.88. The van der Waals surface area contributed by atoms with E-state index in [9.17, 15) is 10.2 Å². The standard InChI is InChI=1S/C11H19BrN2O2/c1-4-11(6-15,7-16)5-9-10(12)8(2)13-14(9)3/h15-16H,4-7H2,1-3H3. The molecule has 16 heavy (non-hydrogen) atoms. The molecule has 1 aromatic rings. The van der Waals surface area contributed by atoms with Crippen LogP contribution < -0.4 is 0 Å². The lowest BCUT2D eigenvalue weighted by Crippen LogP contribution is -2.32. The molecule has 0 saturated carbocycles. The fourth-order valence-corrected chi connectivity index (χ4v) is 2.21. The molecular weight excluding hydrogens is 272 g/mol. The Morgan fingerprint density at radius 2 is 1.94 bits per heavy atom. The molecule has 0 aliphatic heterocycles. The van der Waals surface area contributed by atoms with E-state index in [1.165, 1.54) is 0 Å². The summed E-state index contributed by atoms with van der Waals surface area (Å²) in [5.41, 5.74) is 1.49. The number of aromatic nitrogens is 2. The van der Waals surface area contributed by atoms with Gasteiger partial charge in [-0.05, 0) is 29.3 Å². The van der Waals surface area contributed by atoms with E-state index < -0.39 is 5.41 Å². The van der Waals surface area contributed by atoms with Crippen molar-refractivity contribution in [2.24, 2.45) is 12.5 Å². The van der Waals surface area contributed by atoms with Crippen LogP contribution in [0.2, 0.25) is 0 Å². The van der Waals surface area contributed by atoms with Crippen LogP contribution in [0, 0.1) is 12.3 Å². The molecular formula is C11H19BrN2O2. The average molecular weight is 291 g/mol. The van der Waals surface area contributed by atoms with Crippen molar-refractivity contribution in [3.05, 3.63) is 15.9 Å². The molecule has 0 aromatic carbocycles. The zero-order valence-electron chi connectivity index (χ0n) is 10.00. The summed E-state index contributed by atoms with van der Waals surface area (Å²) in [6.45, 7) is 3.87. The molecule has 1 heterocycles. The Morgan fingerprint density at radius 3 is 2.25 bits per heavy atom. The summed E-state index contributed by atoms with van der Waals surface area (Å²) in [6, 6.07) is 0. The van der Waals surface area contributed by atoms with Crippen molar-refractivity contribution in [3.63, 3.8) is 0 Å². The second-order valence-corrected chi connectivity index (χ2v) is 5.11. The van der Waals surface area contributed by atoms with Gasteiger partial charge in [0.15, 0.2) is 0 Å². The third-order valence-corrected chi connectivity index (χ3v) is 4.26. The van der Waals surface area contributed by atoms with Gasteiger partial charge >= 0.3 is 0 Å². The fraction of sp³-hybridized carbons (Fsp3) is 0.727. The maximum Gasteiger partial charge on any atom is 0.0738 e. The Hall–Kier alpha value is -0.390. The van der Waals surface area contributed by atoms with E-state index in [2.05, 4.69) is 21.0 Å². The molecule has 92 valence electrons. The number of aliphatic hydroxyl groups is 2. The Bertz CT molecular complexity index is 351. The second kappa shape index (κ2) is 5.29. The van der Waals surface area contributed by atoms with E-state index in [-0.39, 0.29) is 13.2 Å². The van der Waals surface area contributed by atoms with Crippen molar-refractivity contribution >= 4 is 15.9 Å². The Kier molecular flexibility index (Phi) is 4.52. The van der Waals surface area contributed by atoms with Crippen LogP contribution in [-0.2, 0) is 13.5 Å². The molecule has 0 spiro atoms. The van der Waals surface area contributed by atoms with Crippen molar-refractivity contribution < 1.29 is 10.2 Å². The number of halogens is 1. The predicted molar refractivity (Wildman–Crippen MR) is 66.2 cm³/mol. The van der Waals surface area contributed by atoms with Crippen LogP contribution >= 0.6 is 15.9 Å². The average Bonchev–Trinajstić information content (AvgIpc) is 2.52. The van der Waals surface area contributed by atoms with Gasteiger partial charge in [-0.3, -0.25) is 4.68 Å². The highest BCUT2D eigenvalue weighted by molar-refractivity contribution is 9.10. The van der Waals surface area contributed by atoms with Gasteiger partial charge in [-0.25, -0.2) is 0 Å². The fourth-order valence-electron chi connectivity index (χ4n) is 1.74. The molecule has 1 aromatic heterocycles. The molecule has 0 saturated heterocycles. The highest BCUT2D eigenvalue weighted by Gasteiger charge is 2.29. The SMILES string of the molecule is CCC(CO)(CO)Cc1c(Br)c(C)nn1C. The molecule has 4 nitrogen and oxygen atoms in total. The third kappa shape index (κ3) is 2.47. The molecule has 0 bridgehead atoms.